The van der Waals surface area contributed by atoms with Gasteiger partial charge in [-0.25, -0.2) is 0 Å². The summed E-state index contributed by atoms with van der Waals surface area (Å²) in [7, 11) is 0. The average Bonchev–Trinajstić information content (AvgIpc) is 1.90. The summed E-state index contributed by atoms with van der Waals surface area (Å²) < 4.78 is 0. The SMILES string of the molecule is CC(C)c1ccccc1.[Ru]. The fraction of sp³-hybridized carbons (Fsp3) is 0.333. The van der Waals surface area contributed by atoms with Crippen molar-refractivity contribution in [3.05, 3.63) is 35.9 Å². The third-order valence-corrected chi connectivity index (χ3v) is 1.47. The summed E-state index contributed by atoms with van der Waals surface area (Å²) in [5.74, 6) is 0.659. The zero-order valence-corrected chi connectivity index (χ0v) is 8.06. The molecule has 10 heavy (non-hydrogen) atoms. The Morgan fingerprint density at radius 2 is 1.50 bits per heavy atom. The van der Waals surface area contributed by atoms with Crippen LogP contribution in [0.4, 0.5) is 0 Å². The van der Waals surface area contributed by atoms with Gasteiger partial charge in [0.15, 0.2) is 0 Å². The summed E-state index contributed by atoms with van der Waals surface area (Å²) in [5, 5.41) is 0. The molecule has 0 bridgehead atoms. The van der Waals surface area contributed by atoms with Gasteiger partial charge in [-0.1, -0.05) is 44.2 Å². The standard InChI is InChI=1S/C9H12.Ru/c1-8(2)9-6-4-3-5-7-9;/h3-8H,1-2H3;. The summed E-state index contributed by atoms with van der Waals surface area (Å²) in [6, 6.07) is 10.5. The van der Waals surface area contributed by atoms with Crippen LogP contribution >= 0.6 is 0 Å². The van der Waals surface area contributed by atoms with Crippen LogP contribution in [0.1, 0.15) is 25.3 Å². The first-order valence-electron chi connectivity index (χ1n) is 3.35. The van der Waals surface area contributed by atoms with Crippen LogP contribution in [0.15, 0.2) is 30.3 Å². The maximum absolute atomic E-state index is 2.20. The quantitative estimate of drug-likeness (QED) is 0.640. The van der Waals surface area contributed by atoms with Crippen molar-refractivity contribution < 1.29 is 19.5 Å². The molecule has 0 N–H and O–H groups in total. The molecule has 0 aliphatic heterocycles. The van der Waals surface area contributed by atoms with Gasteiger partial charge >= 0.3 is 0 Å². The Bertz CT molecular complexity index is 167. The molecular weight excluding hydrogens is 209 g/mol. The Labute approximate surface area is 75.4 Å². The predicted molar refractivity (Wildman–Crippen MR) is 40.5 cm³/mol. The van der Waals surface area contributed by atoms with E-state index in [-0.39, 0.29) is 19.5 Å². The van der Waals surface area contributed by atoms with Crippen LogP contribution < -0.4 is 0 Å². The molecule has 0 spiro atoms. The van der Waals surface area contributed by atoms with E-state index in [4.69, 9.17) is 0 Å². The van der Waals surface area contributed by atoms with Crippen molar-refractivity contribution in [3.8, 4) is 0 Å². The summed E-state index contributed by atoms with van der Waals surface area (Å²) >= 11 is 0. The molecule has 1 aromatic rings. The average molecular weight is 221 g/mol. The van der Waals surface area contributed by atoms with Crippen LogP contribution in [0.2, 0.25) is 0 Å². The minimum Gasteiger partial charge on any atom is -0.0622 e. The minimum absolute atomic E-state index is 0. The van der Waals surface area contributed by atoms with Crippen molar-refractivity contribution in [2.75, 3.05) is 0 Å². The van der Waals surface area contributed by atoms with E-state index in [0.29, 0.717) is 5.92 Å². The summed E-state index contributed by atoms with van der Waals surface area (Å²) in [6.07, 6.45) is 0. The van der Waals surface area contributed by atoms with Gasteiger partial charge in [-0.3, -0.25) is 0 Å². The van der Waals surface area contributed by atoms with E-state index in [9.17, 15) is 0 Å². The van der Waals surface area contributed by atoms with Crippen LogP contribution in [-0.2, 0) is 19.5 Å². The Morgan fingerprint density at radius 1 is 1.00 bits per heavy atom. The van der Waals surface area contributed by atoms with Gasteiger partial charge in [-0.15, -0.1) is 0 Å². The van der Waals surface area contributed by atoms with Gasteiger partial charge in [0.05, 0.1) is 0 Å². The molecule has 0 saturated heterocycles. The van der Waals surface area contributed by atoms with Gasteiger partial charge in [0.2, 0.25) is 0 Å². The summed E-state index contributed by atoms with van der Waals surface area (Å²) in [6.45, 7) is 4.41. The van der Waals surface area contributed by atoms with Crippen molar-refractivity contribution in [1.29, 1.82) is 0 Å². The molecule has 0 saturated carbocycles. The molecule has 0 fully saturated rings. The van der Waals surface area contributed by atoms with E-state index in [1.165, 1.54) is 5.56 Å². The second-order valence-corrected chi connectivity index (χ2v) is 2.57. The van der Waals surface area contributed by atoms with E-state index in [0.717, 1.165) is 0 Å². The summed E-state index contributed by atoms with van der Waals surface area (Å²) in [4.78, 5) is 0. The predicted octanol–water partition coefficient (Wildman–Crippen LogP) is 2.81. The van der Waals surface area contributed by atoms with Gasteiger partial charge < -0.3 is 0 Å². The molecule has 0 aliphatic rings. The van der Waals surface area contributed by atoms with Crippen molar-refractivity contribution >= 4 is 0 Å². The van der Waals surface area contributed by atoms with E-state index in [2.05, 4.69) is 38.1 Å². The van der Waals surface area contributed by atoms with Crippen molar-refractivity contribution in [2.45, 2.75) is 19.8 Å². The summed E-state index contributed by atoms with van der Waals surface area (Å²) in [5.41, 5.74) is 1.41. The number of hydrogen-bond acceptors (Lipinski definition) is 0. The van der Waals surface area contributed by atoms with Crippen molar-refractivity contribution in [2.24, 2.45) is 0 Å². The first kappa shape index (κ1) is 9.84. The molecule has 0 heterocycles. The Kier molecular flexibility index (Phi) is 4.55. The van der Waals surface area contributed by atoms with Gasteiger partial charge in [0, 0.05) is 19.5 Å². The second-order valence-electron chi connectivity index (χ2n) is 2.57. The zero-order valence-electron chi connectivity index (χ0n) is 6.32. The molecule has 1 heteroatoms. The monoisotopic (exact) mass is 222 g/mol. The second kappa shape index (κ2) is 4.63. The van der Waals surface area contributed by atoms with Crippen LogP contribution in [-0.4, -0.2) is 0 Å². The van der Waals surface area contributed by atoms with Crippen LogP contribution in [0.3, 0.4) is 0 Å². The molecule has 0 unspecified atom stereocenters. The van der Waals surface area contributed by atoms with E-state index in [1.807, 2.05) is 6.07 Å². The molecule has 0 amide bonds. The Balaban J connectivity index is 0.000000810. The maximum Gasteiger partial charge on any atom is 0 e. The van der Waals surface area contributed by atoms with Crippen molar-refractivity contribution in [1.82, 2.24) is 0 Å². The smallest absolute Gasteiger partial charge is 0 e. The molecule has 56 valence electrons. The molecule has 0 aromatic heterocycles. The fourth-order valence-electron chi connectivity index (χ4n) is 0.838. The van der Waals surface area contributed by atoms with Crippen molar-refractivity contribution in [3.63, 3.8) is 0 Å². The van der Waals surface area contributed by atoms with E-state index < -0.39 is 0 Å². The third-order valence-electron chi connectivity index (χ3n) is 1.47. The fourth-order valence-corrected chi connectivity index (χ4v) is 0.838. The number of benzene rings is 1. The molecule has 0 nitrogen and oxygen atoms in total. The molecule has 0 atom stereocenters. The van der Waals surface area contributed by atoms with Crippen LogP contribution in [0, 0.1) is 0 Å². The van der Waals surface area contributed by atoms with Gasteiger partial charge in [-0.2, -0.15) is 0 Å². The molecule has 0 aliphatic carbocycles. The molecule has 0 radical (unpaired) electrons. The minimum atomic E-state index is 0. The van der Waals surface area contributed by atoms with Gasteiger partial charge in [0.25, 0.3) is 0 Å². The van der Waals surface area contributed by atoms with Gasteiger partial charge in [-0.05, 0) is 11.5 Å². The number of rotatable bonds is 1. The largest absolute Gasteiger partial charge is 0.0622 e. The zero-order chi connectivity index (χ0) is 6.69. The first-order chi connectivity index (χ1) is 4.30. The first-order valence-corrected chi connectivity index (χ1v) is 3.35. The third kappa shape index (κ3) is 2.62. The van der Waals surface area contributed by atoms with E-state index in [1.54, 1.807) is 0 Å². The number of hydrogen-bond donors (Lipinski definition) is 0. The topological polar surface area (TPSA) is 0 Å². The molecule has 1 aromatic carbocycles. The maximum atomic E-state index is 2.20. The van der Waals surface area contributed by atoms with Crippen LogP contribution in [0.5, 0.6) is 0 Å². The Hall–Kier alpha value is -0.157. The van der Waals surface area contributed by atoms with E-state index >= 15 is 0 Å². The van der Waals surface area contributed by atoms with Crippen LogP contribution in [0.25, 0.3) is 0 Å². The molecule has 1 rings (SSSR count). The molecular formula is C9H12Ru. The van der Waals surface area contributed by atoms with Gasteiger partial charge in [0.1, 0.15) is 0 Å². The normalized spacial score (nSPS) is 9.10. The Morgan fingerprint density at radius 3 is 1.80 bits per heavy atom.